The predicted octanol–water partition coefficient (Wildman–Crippen LogP) is 2.69. The molecule has 3 aromatic rings. The molecule has 0 saturated heterocycles. The highest BCUT2D eigenvalue weighted by Gasteiger charge is 2.13. The summed E-state index contributed by atoms with van der Waals surface area (Å²) in [6.45, 7) is 0. The molecule has 1 amide bonds. The van der Waals surface area contributed by atoms with Crippen LogP contribution in [0.15, 0.2) is 39.9 Å². The number of rotatable bonds is 4. The molecule has 1 aromatic carbocycles. The van der Waals surface area contributed by atoms with Crippen LogP contribution >= 0.6 is 22.7 Å². The molecule has 0 aliphatic rings. The standard InChI is InChI=1S/C13H11N3O2S3/c14-8-3-4-9-10(6-8)20-13(15-9)16-11(17)7-21(18)12-2-1-5-19-12/h1-6H,7,14H2,(H,15,16,17). The number of nitrogens with zero attached hydrogens (tertiary/aromatic N) is 1. The number of nitrogens with two attached hydrogens (primary N) is 1. The quantitative estimate of drug-likeness (QED) is 0.717. The number of hydrogen-bond acceptors (Lipinski definition) is 6. The first kappa shape index (κ1) is 14.2. The SMILES string of the molecule is Nc1ccc2nc(NC(=O)CS(=O)c3cccs3)sc2c1. The molecule has 8 heteroatoms. The monoisotopic (exact) mass is 337 g/mol. The van der Waals surface area contributed by atoms with Gasteiger partial charge in [-0.05, 0) is 29.6 Å². The van der Waals surface area contributed by atoms with Crippen molar-refractivity contribution < 1.29 is 9.00 Å². The third kappa shape index (κ3) is 3.29. The smallest absolute Gasteiger partial charge is 0.239 e. The summed E-state index contributed by atoms with van der Waals surface area (Å²) in [5, 5.41) is 5.01. The molecule has 0 aliphatic carbocycles. The summed E-state index contributed by atoms with van der Waals surface area (Å²) in [5.41, 5.74) is 7.14. The molecule has 0 aliphatic heterocycles. The number of thiazole rings is 1. The summed E-state index contributed by atoms with van der Waals surface area (Å²) in [6.07, 6.45) is 0. The van der Waals surface area contributed by atoms with Crippen molar-refractivity contribution in [1.29, 1.82) is 0 Å². The Balaban J connectivity index is 1.70. The highest BCUT2D eigenvalue weighted by molar-refractivity contribution is 7.88. The van der Waals surface area contributed by atoms with Crippen LogP contribution in [0, 0.1) is 0 Å². The second kappa shape index (κ2) is 5.92. The highest BCUT2D eigenvalue weighted by atomic mass is 32.2. The average molecular weight is 337 g/mol. The molecule has 3 N–H and O–H groups in total. The van der Waals surface area contributed by atoms with Crippen molar-refractivity contribution in [3.05, 3.63) is 35.7 Å². The Bertz CT molecular complexity index is 811. The maximum absolute atomic E-state index is 12.0. The van der Waals surface area contributed by atoms with Gasteiger partial charge >= 0.3 is 0 Å². The largest absolute Gasteiger partial charge is 0.399 e. The van der Waals surface area contributed by atoms with Gasteiger partial charge in [0, 0.05) is 5.69 Å². The van der Waals surface area contributed by atoms with Gasteiger partial charge < -0.3 is 11.1 Å². The first-order valence-electron chi connectivity index (χ1n) is 5.99. The van der Waals surface area contributed by atoms with Crippen LogP contribution in [0.4, 0.5) is 10.8 Å². The Morgan fingerprint density at radius 2 is 2.24 bits per heavy atom. The summed E-state index contributed by atoms with van der Waals surface area (Å²) in [6, 6.07) is 8.95. The molecule has 108 valence electrons. The van der Waals surface area contributed by atoms with Gasteiger partial charge in [-0.3, -0.25) is 9.00 Å². The number of hydrogen-bond donors (Lipinski definition) is 2. The van der Waals surface area contributed by atoms with E-state index >= 15 is 0 Å². The molecule has 0 fully saturated rings. The van der Waals surface area contributed by atoms with Crippen molar-refractivity contribution >= 4 is 60.4 Å². The van der Waals surface area contributed by atoms with Gasteiger partial charge in [0.05, 0.1) is 25.2 Å². The molecule has 1 atom stereocenters. The van der Waals surface area contributed by atoms with E-state index in [0.29, 0.717) is 15.0 Å². The van der Waals surface area contributed by atoms with Crippen LogP contribution in [-0.2, 0) is 15.6 Å². The molecule has 1 unspecified atom stereocenters. The van der Waals surface area contributed by atoms with Gasteiger partial charge in [-0.15, -0.1) is 11.3 Å². The number of thiophene rings is 1. The first-order chi connectivity index (χ1) is 10.1. The van der Waals surface area contributed by atoms with Crippen molar-refractivity contribution in [2.24, 2.45) is 0 Å². The van der Waals surface area contributed by atoms with E-state index in [9.17, 15) is 9.00 Å². The Morgan fingerprint density at radius 1 is 1.38 bits per heavy atom. The lowest BCUT2D eigenvalue weighted by Gasteiger charge is -2.00. The van der Waals surface area contributed by atoms with E-state index in [1.54, 1.807) is 18.2 Å². The zero-order valence-corrected chi connectivity index (χ0v) is 13.2. The highest BCUT2D eigenvalue weighted by Crippen LogP contribution is 2.27. The van der Waals surface area contributed by atoms with Gasteiger partial charge in [0.15, 0.2) is 5.13 Å². The van der Waals surface area contributed by atoms with Gasteiger partial charge in [-0.25, -0.2) is 4.98 Å². The van der Waals surface area contributed by atoms with Crippen LogP contribution in [0.5, 0.6) is 0 Å². The Labute approximate surface area is 131 Å². The number of carbonyl (C=O) groups is 1. The minimum Gasteiger partial charge on any atom is -0.399 e. The maximum atomic E-state index is 12.0. The lowest BCUT2D eigenvalue weighted by Crippen LogP contribution is -2.19. The zero-order chi connectivity index (χ0) is 14.8. The van der Waals surface area contributed by atoms with Crippen molar-refractivity contribution in [3.8, 4) is 0 Å². The fourth-order valence-electron chi connectivity index (χ4n) is 1.73. The number of aromatic nitrogens is 1. The lowest BCUT2D eigenvalue weighted by atomic mass is 10.3. The number of nitrogen functional groups attached to an aromatic ring is 1. The number of fused-ring (bicyclic) bond motifs is 1. The summed E-state index contributed by atoms with van der Waals surface area (Å²) in [5.74, 6) is -0.382. The summed E-state index contributed by atoms with van der Waals surface area (Å²) in [7, 11) is -1.31. The van der Waals surface area contributed by atoms with Gasteiger partial charge in [-0.1, -0.05) is 17.4 Å². The average Bonchev–Trinajstić information content (AvgIpc) is 3.06. The van der Waals surface area contributed by atoms with E-state index < -0.39 is 10.8 Å². The number of nitrogens with one attached hydrogen (secondary N) is 1. The topological polar surface area (TPSA) is 85.1 Å². The maximum Gasteiger partial charge on any atom is 0.239 e. The van der Waals surface area contributed by atoms with Crippen LogP contribution in [-0.4, -0.2) is 20.9 Å². The first-order valence-corrected chi connectivity index (χ1v) is 9.01. The van der Waals surface area contributed by atoms with Gasteiger partial charge in [0.25, 0.3) is 0 Å². The minimum absolute atomic E-state index is 0.0709. The predicted molar refractivity (Wildman–Crippen MR) is 88.3 cm³/mol. The van der Waals surface area contributed by atoms with E-state index in [2.05, 4.69) is 10.3 Å². The van der Waals surface area contributed by atoms with E-state index in [1.807, 2.05) is 17.5 Å². The zero-order valence-electron chi connectivity index (χ0n) is 10.7. The third-order valence-corrected chi connectivity index (χ3v) is 6.19. The lowest BCUT2D eigenvalue weighted by molar-refractivity contribution is -0.113. The second-order valence-electron chi connectivity index (χ2n) is 4.22. The van der Waals surface area contributed by atoms with E-state index in [1.165, 1.54) is 22.7 Å². The molecule has 0 saturated carbocycles. The van der Waals surface area contributed by atoms with Crippen molar-refractivity contribution in [2.75, 3.05) is 16.8 Å². The van der Waals surface area contributed by atoms with Crippen LogP contribution in [0.25, 0.3) is 10.2 Å². The van der Waals surface area contributed by atoms with Gasteiger partial charge in [0.1, 0.15) is 5.75 Å². The fourth-order valence-corrected chi connectivity index (χ4v) is 4.57. The number of amides is 1. The molecule has 0 spiro atoms. The Hall–Kier alpha value is -1.77. The molecule has 2 heterocycles. The van der Waals surface area contributed by atoms with Crippen LogP contribution in [0.1, 0.15) is 0 Å². The molecule has 2 aromatic heterocycles. The molecule has 0 radical (unpaired) electrons. The fraction of sp³-hybridized carbons (Fsp3) is 0.0769. The van der Waals surface area contributed by atoms with E-state index in [0.717, 1.165) is 10.2 Å². The Morgan fingerprint density at radius 3 is 3.00 bits per heavy atom. The third-order valence-electron chi connectivity index (χ3n) is 2.64. The van der Waals surface area contributed by atoms with E-state index in [4.69, 9.17) is 5.73 Å². The molecule has 21 heavy (non-hydrogen) atoms. The van der Waals surface area contributed by atoms with Crippen molar-refractivity contribution in [2.45, 2.75) is 4.21 Å². The molecule has 3 rings (SSSR count). The Kier molecular flexibility index (Phi) is 4.00. The summed E-state index contributed by atoms with van der Waals surface area (Å²) >= 11 is 2.72. The van der Waals surface area contributed by atoms with Crippen LogP contribution in [0.2, 0.25) is 0 Å². The number of benzene rings is 1. The van der Waals surface area contributed by atoms with Gasteiger partial charge in [0.2, 0.25) is 5.91 Å². The minimum atomic E-state index is -1.31. The van der Waals surface area contributed by atoms with Crippen LogP contribution in [0.3, 0.4) is 0 Å². The number of anilines is 2. The number of carbonyl (C=O) groups excluding carboxylic acids is 1. The van der Waals surface area contributed by atoms with Crippen molar-refractivity contribution in [3.63, 3.8) is 0 Å². The second-order valence-corrected chi connectivity index (χ2v) is 7.87. The molecular weight excluding hydrogens is 326 g/mol. The normalized spacial score (nSPS) is 12.4. The van der Waals surface area contributed by atoms with E-state index in [-0.39, 0.29) is 11.7 Å². The van der Waals surface area contributed by atoms with Crippen molar-refractivity contribution in [1.82, 2.24) is 4.98 Å². The molecule has 0 bridgehead atoms. The molecule has 5 nitrogen and oxygen atoms in total. The summed E-state index contributed by atoms with van der Waals surface area (Å²) in [4.78, 5) is 16.2. The van der Waals surface area contributed by atoms with Gasteiger partial charge in [-0.2, -0.15) is 0 Å². The molecular formula is C13H11N3O2S3. The summed E-state index contributed by atoms with van der Waals surface area (Å²) < 4.78 is 13.6. The van der Waals surface area contributed by atoms with Crippen LogP contribution < -0.4 is 11.1 Å².